The van der Waals surface area contributed by atoms with Crippen LogP contribution in [0.2, 0.25) is 23.3 Å². The molecule has 3 saturated carbocycles. The molecule has 0 N–H and O–H groups in total. The van der Waals surface area contributed by atoms with Crippen LogP contribution >= 0.6 is 11.6 Å². The van der Waals surface area contributed by atoms with Crippen molar-refractivity contribution in [3.8, 4) is 0 Å². The Labute approximate surface area is 237 Å². The number of aromatic nitrogens is 2. The lowest BCUT2D eigenvalue weighted by Gasteiger charge is -2.36. The fourth-order valence-electron chi connectivity index (χ4n) is 6.23. The van der Waals surface area contributed by atoms with Gasteiger partial charge in [0, 0.05) is 36.1 Å². The van der Waals surface area contributed by atoms with Crippen LogP contribution in [0.1, 0.15) is 102 Å². The van der Waals surface area contributed by atoms with Crippen molar-refractivity contribution in [2.75, 3.05) is 13.1 Å². The highest BCUT2D eigenvalue weighted by Crippen LogP contribution is 2.63. The molecule has 3 aliphatic carbocycles. The van der Waals surface area contributed by atoms with Gasteiger partial charge in [-0.25, -0.2) is 14.2 Å². The first-order chi connectivity index (χ1) is 18.1. The van der Waals surface area contributed by atoms with Gasteiger partial charge in [0.1, 0.15) is 5.60 Å². The van der Waals surface area contributed by atoms with Gasteiger partial charge < -0.3 is 18.6 Å². The highest BCUT2D eigenvalue weighted by molar-refractivity contribution is 6.74. The van der Waals surface area contributed by atoms with Crippen molar-refractivity contribution < 1.29 is 18.3 Å². The Morgan fingerprint density at radius 1 is 1.08 bits per heavy atom. The first kappa shape index (κ1) is 27.5. The van der Waals surface area contributed by atoms with Gasteiger partial charge in [-0.05, 0) is 87.9 Å². The van der Waals surface area contributed by atoms with Crippen LogP contribution < -0.4 is 0 Å². The molecule has 0 bridgehead atoms. The van der Waals surface area contributed by atoms with E-state index in [1.54, 1.807) is 0 Å². The Morgan fingerprint density at radius 3 is 2.21 bits per heavy atom. The molecular formula is C30H43ClFN3O3Si. The van der Waals surface area contributed by atoms with Crippen LogP contribution in [0.15, 0.2) is 0 Å². The molecule has 1 amide bonds. The number of carbonyl (C=O) groups excluding carboxylic acids is 1. The number of carbonyl (C=O) groups is 1. The molecule has 0 radical (unpaired) electrons. The van der Waals surface area contributed by atoms with Crippen LogP contribution in [0.25, 0.3) is 10.9 Å². The molecule has 0 spiro atoms. The van der Waals surface area contributed by atoms with Gasteiger partial charge in [-0.1, -0.05) is 32.4 Å². The number of halogens is 2. The molecule has 39 heavy (non-hydrogen) atoms. The molecule has 2 aromatic rings. The quantitative estimate of drug-likeness (QED) is 0.258. The third kappa shape index (κ3) is 4.82. The zero-order valence-electron chi connectivity index (χ0n) is 24.7. The van der Waals surface area contributed by atoms with Crippen molar-refractivity contribution in [1.29, 1.82) is 0 Å². The lowest BCUT2D eigenvalue weighted by atomic mass is 9.99. The van der Waals surface area contributed by atoms with Gasteiger partial charge >= 0.3 is 6.09 Å². The Morgan fingerprint density at radius 2 is 1.69 bits per heavy atom. The molecule has 2 unspecified atom stereocenters. The lowest BCUT2D eigenvalue weighted by molar-refractivity contribution is 0.0271. The second-order valence-electron chi connectivity index (χ2n) is 14.8. The number of pyridine rings is 1. The van der Waals surface area contributed by atoms with Crippen LogP contribution in [0, 0.1) is 17.7 Å². The van der Waals surface area contributed by atoms with Gasteiger partial charge in [-0.2, -0.15) is 0 Å². The van der Waals surface area contributed by atoms with E-state index >= 15 is 4.39 Å². The first-order valence-electron chi connectivity index (χ1n) is 14.6. The third-order valence-corrected chi connectivity index (χ3v) is 14.4. The largest absolute Gasteiger partial charge is 0.444 e. The van der Waals surface area contributed by atoms with Gasteiger partial charge in [-0.3, -0.25) is 0 Å². The molecule has 1 saturated heterocycles. The van der Waals surface area contributed by atoms with E-state index in [4.69, 9.17) is 20.8 Å². The predicted molar refractivity (Wildman–Crippen MR) is 154 cm³/mol. The number of fused-ring (bicyclic) bond motifs is 2. The van der Waals surface area contributed by atoms with E-state index in [1.165, 1.54) is 5.56 Å². The summed E-state index contributed by atoms with van der Waals surface area (Å²) >= 11 is 6.45. The summed E-state index contributed by atoms with van der Waals surface area (Å²) in [6.07, 6.45) is 3.97. The normalized spacial score (nSPS) is 25.4. The zero-order chi connectivity index (χ0) is 28.2. The summed E-state index contributed by atoms with van der Waals surface area (Å²) < 4.78 is 30.7. The average molecular weight is 576 g/mol. The number of hydrogen-bond acceptors (Lipinski definition) is 4. The molecule has 2 atom stereocenters. The molecule has 4 fully saturated rings. The topological polar surface area (TPSA) is 56.6 Å². The minimum atomic E-state index is -2.05. The van der Waals surface area contributed by atoms with Gasteiger partial charge in [0.2, 0.25) is 0 Å². The second-order valence-corrected chi connectivity index (χ2v) is 20.0. The molecular weight excluding hydrogens is 533 g/mol. The number of ether oxygens (including phenoxy) is 1. The van der Waals surface area contributed by atoms with E-state index in [0.29, 0.717) is 43.0 Å². The summed E-state index contributed by atoms with van der Waals surface area (Å²) in [5.41, 5.74) is 3.42. The van der Waals surface area contributed by atoms with Crippen molar-refractivity contribution in [3.63, 3.8) is 0 Å². The summed E-state index contributed by atoms with van der Waals surface area (Å²) in [4.78, 5) is 19.3. The summed E-state index contributed by atoms with van der Waals surface area (Å²) in [7, 11) is -2.05. The highest BCUT2D eigenvalue weighted by Gasteiger charge is 2.60. The Hall–Kier alpha value is -1.64. The molecule has 2 aromatic heterocycles. The molecule has 3 heterocycles. The maximum Gasteiger partial charge on any atom is 0.410 e. The fourth-order valence-corrected chi connectivity index (χ4v) is 7.34. The van der Waals surface area contributed by atoms with Gasteiger partial charge in [0.15, 0.2) is 19.3 Å². The number of rotatable bonds is 6. The highest BCUT2D eigenvalue weighted by atomic mass is 35.5. The van der Waals surface area contributed by atoms with E-state index < -0.39 is 19.7 Å². The number of hydrogen-bond donors (Lipinski definition) is 0. The monoisotopic (exact) mass is 575 g/mol. The molecule has 1 aliphatic heterocycles. The summed E-state index contributed by atoms with van der Waals surface area (Å²) in [6.45, 7) is 18.8. The SMILES string of the molecule is CC(C)(C)OC(=O)N1CC2C(C1)C2c1c(CO[Si](C)(C)C(C)(C)C)n(C2CC2)c2c(F)c(Cl)nc(C3CC3)c12. The van der Waals surface area contributed by atoms with Crippen LogP contribution in [0.3, 0.4) is 0 Å². The summed E-state index contributed by atoms with van der Waals surface area (Å²) in [5, 5.41) is 1.05. The Kier molecular flexibility index (Phi) is 6.30. The second kappa shape index (κ2) is 8.93. The van der Waals surface area contributed by atoms with Crippen LogP contribution in [-0.4, -0.2) is 47.6 Å². The standard InChI is InChI=1S/C30H43ClFN3O3Si/c1-29(2,3)38-28(36)34-13-18-19(14-34)21(18)22-20(15-37-39(7,8)30(4,5)6)35(17-11-12-17)26-23(22)25(16-9-10-16)33-27(31)24(26)32/h16-19,21H,9-15H2,1-8H3. The minimum absolute atomic E-state index is 0.0145. The third-order valence-electron chi connectivity index (χ3n) is 9.64. The van der Waals surface area contributed by atoms with Crippen molar-refractivity contribution in [2.45, 2.75) is 115 Å². The zero-order valence-corrected chi connectivity index (χ0v) is 26.4. The number of piperidine rings is 1. The number of nitrogens with zero attached hydrogens (tertiary/aromatic N) is 3. The molecule has 214 valence electrons. The number of likely N-dealkylation sites (tertiary alicyclic amines) is 1. The molecule has 4 aliphatic rings. The maximum absolute atomic E-state index is 16.0. The fraction of sp³-hybridized carbons (Fsp3) is 0.733. The van der Waals surface area contributed by atoms with Gasteiger partial charge in [0.05, 0.1) is 17.8 Å². The van der Waals surface area contributed by atoms with Crippen molar-refractivity contribution >= 4 is 36.9 Å². The van der Waals surface area contributed by atoms with Crippen molar-refractivity contribution in [2.24, 2.45) is 11.8 Å². The van der Waals surface area contributed by atoms with E-state index in [9.17, 15) is 4.79 Å². The molecule has 0 aromatic carbocycles. The van der Waals surface area contributed by atoms with Crippen LogP contribution in [0.4, 0.5) is 9.18 Å². The summed E-state index contributed by atoms with van der Waals surface area (Å²) in [6, 6.07) is 0.274. The van der Waals surface area contributed by atoms with E-state index in [1.807, 2.05) is 25.7 Å². The van der Waals surface area contributed by atoms with Crippen LogP contribution in [-0.2, 0) is 15.8 Å². The Balaban J connectivity index is 1.43. The summed E-state index contributed by atoms with van der Waals surface area (Å²) in [5.74, 6) is 0.889. The molecule has 9 heteroatoms. The Bertz CT molecular complexity index is 1320. The number of amides is 1. The van der Waals surface area contributed by atoms with E-state index in [2.05, 4.69) is 43.4 Å². The molecule has 6 rings (SSSR count). The first-order valence-corrected chi connectivity index (χ1v) is 17.9. The lowest BCUT2D eigenvalue weighted by Crippen LogP contribution is -2.40. The van der Waals surface area contributed by atoms with Gasteiger partial charge in [-0.15, -0.1) is 0 Å². The van der Waals surface area contributed by atoms with Gasteiger partial charge in [0.25, 0.3) is 0 Å². The van der Waals surface area contributed by atoms with Crippen molar-refractivity contribution in [3.05, 3.63) is 27.9 Å². The van der Waals surface area contributed by atoms with Crippen LogP contribution in [0.5, 0.6) is 0 Å². The molecule has 6 nitrogen and oxygen atoms in total. The van der Waals surface area contributed by atoms with Crippen molar-refractivity contribution in [1.82, 2.24) is 14.5 Å². The van der Waals surface area contributed by atoms with E-state index in [0.717, 1.165) is 42.5 Å². The predicted octanol–water partition coefficient (Wildman–Crippen LogP) is 8.14. The smallest absolute Gasteiger partial charge is 0.410 e. The maximum atomic E-state index is 16.0. The average Bonchev–Trinajstić information content (AvgIpc) is 3.75. The minimum Gasteiger partial charge on any atom is -0.444 e. The van der Waals surface area contributed by atoms with E-state index in [-0.39, 0.29) is 28.2 Å².